The van der Waals surface area contributed by atoms with Gasteiger partial charge in [-0.15, -0.1) is 11.3 Å². The van der Waals surface area contributed by atoms with Crippen molar-refractivity contribution in [2.24, 2.45) is 5.92 Å². The number of pyridine rings is 3. The zero-order valence-electron chi connectivity index (χ0n) is 21.3. The summed E-state index contributed by atoms with van der Waals surface area (Å²) in [6.07, 6.45) is 13.7. The highest BCUT2D eigenvalue weighted by atomic mass is 32.1. The minimum absolute atomic E-state index is 0.0564. The molecule has 6 aromatic rings. The Hall–Kier alpha value is -4.37. The van der Waals surface area contributed by atoms with Crippen LogP contribution in [0, 0.1) is 5.92 Å². The number of H-pyrrole nitrogens is 2. The lowest BCUT2D eigenvalue weighted by molar-refractivity contribution is -0.117. The van der Waals surface area contributed by atoms with Crippen molar-refractivity contribution in [2.75, 3.05) is 5.32 Å². The van der Waals surface area contributed by atoms with E-state index in [0.29, 0.717) is 23.7 Å². The Bertz CT molecular complexity index is 1780. The molecule has 9 heteroatoms. The zero-order valence-corrected chi connectivity index (χ0v) is 22.1. The number of aromatic nitrogens is 6. The molecule has 1 amide bonds. The van der Waals surface area contributed by atoms with Crippen LogP contribution in [0.4, 0.5) is 5.69 Å². The number of rotatable bonds is 6. The average molecular weight is 534 g/mol. The van der Waals surface area contributed by atoms with Gasteiger partial charge in [-0.1, -0.05) is 25.3 Å². The zero-order chi connectivity index (χ0) is 26.2. The summed E-state index contributed by atoms with van der Waals surface area (Å²) in [4.78, 5) is 30.9. The molecule has 1 aliphatic rings. The van der Waals surface area contributed by atoms with Crippen LogP contribution >= 0.6 is 11.3 Å². The Morgan fingerprint density at radius 1 is 0.974 bits per heavy atom. The van der Waals surface area contributed by atoms with Crippen molar-refractivity contribution in [3.63, 3.8) is 0 Å². The molecule has 0 spiro atoms. The molecular formula is C30H27N7OS. The van der Waals surface area contributed by atoms with Crippen molar-refractivity contribution in [1.29, 1.82) is 0 Å². The molecule has 0 bridgehead atoms. The molecule has 6 heterocycles. The number of fused-ring (bicyclic) bond motifs is 2. The number of carbonyl (C=O) groups excluding carboxylic acids is 1. The van der Waals surface area contributed by atoms with Gasteiger partial charge in [0.1, 0.15) is 11.3 Å². The Morgan fingerprint density at radius 3 is 2.74 bits per heavy atom. The van der Waals surface area contributed by atoms with Gasteiger partial charge < -0.3 is 10.3 Å². The number of nitrogens with one attached hydrogen (secondary N) is 3. The molecule has 1 saturated carbocycles. The van der Waals surface area contributed by atoms with E-state index in [4.69, 9.17) is 0 Å². The van der Waals surface area contributed by atoms with E-state index in [1.807, 2.05) is 18.3 Å². The van der Waals surface area contributed by atoms with Gasteiger partial charge in [-0.05, 0) is 54.5 Å². The van der Waals surface area contributed by atoms with Gasteiger partial charge in [-0.25, -0.2) is 9.97 Å². The fourth-order valence-corrected chi connectivity index (χ4v) is 6.37. The Kier molecular flexibility index (Phi) is 6.13. The van der Waals surface area contributed by atoms with E-state index in [1.54, 1.807) is 29.9 Å². The second-order valence-electron chi connectivity index (χ2n) is 10.2. The van der Waals surface area contributed by atoms with Crippen molar-refractivity contribution in [3.8, 4) is 33.0 Å². The van der Waals surface area contributed by atoms with E-state index < -0.39 is 0 Å². The minimum atomic E-state index is 0.0564. The monoisotopic (exact) mass is 533 g/mol. The molecule has 0 unspecified atom stereocenters. The van der Waals surface area contributed by atoms with Crippen LogP contribution in [0.15, 0.2) is 66.6 Å². The molecule has 194 valence electrons. The molecule has 39 heavy (non-hydrogen) atoms. The number of carbonyl (C=O) groups is 1. The second-order valence-corrected chi connectivity index (χ2v) is 11.1. The molecule has 0 saturated heterocycles. The normalized spacial score (nSPS) is 14.3. The van der Waals surface area contributed by atoms with Crippen LogP contribution < -0.4 is 5.32 Å². The van der Waals surface area contributed by atoms with Crippen molar-refractivity contribution >= 4 is 45.0 Å². The summed E-state index contributed by atoms with van der Waals surface area (Å²) in [6.45, 7) is 0. The molecule has 0 aromatic carbocycles. The quantitative estimate of drug-likeness (QED) is 0.210. The lowest BCUT2D eigenvalue weighted by Crippen LogP contribution is -2.18. The maximum absolute atomic E-state index is 12.7. The first-order chi connectivity index (χ1) is 19.2. The summed E-state index contributed by atoms with van der Waals surface area (Å²) in [5.74, 6) is 0.545. The van der Waals surface area contributed by atoms with E-state index in [9.17, 15) is 4.79 Å². The summed E-state index contributed by atoms with van der Waals surface area (Å²) in [6, 6.07) is 12.3. The predicted molar refractivity (Wildman–Crippen MR) is 155 cm³/mol. The SMILES string of the molecule is O=C(CC1CCCCC1)Nc1cncc(-c2cnc3[nH]nc(-c4cc5c(-c6cccs6)ccnc5[nH]4)c3c2)c1. The molecule has 0 radical (unpaired) electrons. The summed E-state index contributed by atoms with van der Waals surface area (Å²) in [5, 5.41) is 14.7. The molecule has 0 aliphatic heterocycles. The first-order valence-electron chi connectivity index (χ1n) is 13.3. The van der Waals surface area contributed by atoms with Gasteiger partial charge in [-0.3, -0.25) is 14.9 Å². The first kappa shape index (κ1) is 23.7. The van der Waals surface area contributed by atoms with Crippen LogP contribution in [0.5, 0.6) is 0 Å². The lowest BCUT2D eigenvalue weighted by atomic mass is 9.87. The van der Waals surface area contributed by atoms with Crippen molar-refractivity contribution in [1.82, 2.24) is 30.1 Å². The highest BCUT2D eigenvalue weighted by molar-refractivity contribution is 7.13. The molecule has 1 aliphatic carbocycles. The van der Waals surface area contributed by atoms with Crippen LogP contribution in [0.25, 0.3) is 55.0 Å². The Labute approximate surface area is 228 Å². The molecule has 7 rings (SSSR count). The van der Waals surface area contributed by atoms with E-state index in [-0.39, 0.29) is 5.91 Å². The summed E-state index contributed by atoms with van der Waals surface area (Å²) >= 11 is 1.71. The number of hydrogen-bond donors (Lipinski definition) is 3. The standard InChI is InChI=1S/C30H27N7OS/c38-27(11-18-5-2-1-3-6-18)34-21-12-19(15-31-17-21)20-13-24-28(36-37-30(24)33-16-20)25-14-23-22(26-7-4-10-39-26)8-9-32-29(23)35-25/h4,7-10,12-18H,1-3,5-6,11H2,(H,32,35)(H,34,38)(H,33,36,37). The summed E-state index contributed by atoms with van der Waals surface area (Å²) in [5.41, 5.74) is 6.78. The van der Waals surface area contributed by atoms with Crippen molar-refractivity contribution in [3.05, 3.63) is 66.6 Å². The number of anilines is 1. The largest absolute Gasteiger partial charge is 0.338 e. The third kappa shape index (κ3) is 4.70. The third-order valence-corrected chi connectivity index (χ3v) is 8.45. The van der Waals surface area contributed by atoms with Crippen molar-refractivity contribution in [2.45, 2.75) is 38.5 Å². The van der Waals surface area contributed by atoms with E-state index in [1.165, 1.54) is 24.1 Å². The van der Waals surface area contributed by atoms with Crippen LogP contribution in [0.2, 0.25) is 0 Å². The number of aromatic amines is 2. The Balaban J connectivity index is 1.19. The molecular weight excluding hydrogens is 506 g/mol. The van der Waals surface area contributed by atoms with Crippen LogP contribution in [0.3, 0.4) is 0 Å². The Morgan fingerprint density at radius 2 is 1.87 bits per heavy atom. The molecule has 3 N–H and O–H groups in total. The van der Waals surface area contributed by atoms with Gasteiger partial charge in [0.2, 0.25) is 5.91 Å². The van der Waals surface area contributed by atoms with Gasteiger partial charge >= 0.3 is 0 Å². The first-order valence-corrected chi connectivity index (χ1v) is 14.2. The fraction of sp³-hybridized carbons (Fsp3) is 0.233. The molecule has 6 aromatic heterocycles. The maximum Gasteiger partial charge on any atom is 0.224 e. The smallest absolute Gasteiger partial charge is 0.224 e. The maximum atomic E-state index is 12.7. The van der Waals surface area contributed by atoms with Gasteiger partial charge in [0, 0.05) is 57.4 Å². The van der Waals surface area contributed by atoms with Crippen molar-refractivity contribution < 1.29 is 4.79 Å². The van der Waals surface area contributed by atoms with Crippen LogP contribution in [-0.4, -0.2) is 36.0 Å². The second kappa shape index (κ2) is 10.1. The molecule has 8 nitrogen and oxygen atoms in total. The van der Waals surface area contributed by atoms with E-state index in [0.717, 1.165) is 57.3 Å². The molecule has 0 atom stereocenters. The third-order valence-electron chi connectivity index (χ3n) is 7.54. The highest BCUT2D eigenvalue weighted by Gasteiger charge is 2.18. The molecule has 1 fully saturated rings. The highest BCUT2D eigenvalue weighted by Crippen LogP contribution is 2.35. The van der Waals surface area contributed by atoms with Gasteiger partial charge in [0.25, 0.3) is 0 Å². The minimum Gasteiger partial charge on any atom is -0.338 e. The number of nitrogens with zero attached hydrogens (tertiary/aromatic N) is 4. The average Bonchev–Trinajstić information content (AvgIpc) is 3.73. The van der Waals surface area contributed by atoms with Crippen LogP contribution in [-0.2, 0) is 4.79 Å². The van der Waals surface area contributed by atoms with Crippen LogP contribution in [0.1, 0.15) is 38.5 Å². The lowest BCUT2D eigenvalue weighted by Gasteiger charge is -2.20. The van der Waals surface area contributed by atoms with Gasteiger partial charge in [0.15, 0.2) is 5.65 Å². The summed E-state index contributed by atoms with van der Waals surface area (Å²) < 4.78 is 0. The van der Waals surface area contributed by atoms with E-state index >= 15 is 0 Å². The van der Waals surface area contributed by atoms with Gasteiger partial charge in [0.05, 0.1) is 17.6 Å². The topological polar surface area (TPSA) is 112 Å². The predicted octanol–water partition coefficient (Wildman–Crippen LogP) is 7.20. The fourth-order valence-electron chi connectivity index (χ4n) is 5.60. The number of hydrogen-bond acceptors (Lipinski definition) is 6. The van der Waals surface area contributed by atoms with E-state index in [2.05, 4.69) is 65.1 Å². The summed E-state index contributed by atoms with van der Waals surface area (Å²) in [7, 11) is 0. The number of amides is 1. The van der Waals surface area contributed by atoms with Gasteiger partial charge in [-0.2, -0.15) is 5.10 Å². The number of thiophene rings is 1.